The summed E-state index contributed by atoms with van der Waals surface area (Å²) < 4.78 is 7.26. The van der Waals surface area contributed by atoms with E-state index in [4.69, 9.17) is 4.74 Å². The Morgan fingerprint density at radius 1 is 1.32 bits per heavy atom. The maximum absolute atomic E-state index is 13.2. The molecule has 7 nitrogen and oxygen atoms in total. The fourth-order valence-corrected chi connectivity index (χ4v) is 4.53. The van der Waals surface area contributed by atoms with Crippen molar-refractivity contribution in [2.45, 2.75) is 71.4 Å². The number of ether oxygens (including phenoxy) is 1. The van der Waals surface area contributed by atoms with Gasteiger partial charge >= 0.3 is 5.97 Å². The van der Waals surface area contributed by atoms with Crippen LogP contribution in [0, 0.1) is 13.8 Å². The molecular formula is C20H28N4O3S. The van der Waals surface area contributed by atoms with Gasteiger partial charge < -0.3 is 4.74 Å². The quantitative estimate of drug-likeness (QED) is 0.690. The van der Waals surface area contributed by atoms with E-state index in [2.05, 4.69) is 10.1 Å². The van der Waals surface area contributed by atoms with Crippen LogP contribution < -0.4 is 4.90 Å². The zero-order valence-electron chi connectivity index (χ0n) is 17.0. The number of aromatic nitrogens is 3. The number of aryl methyl sites for hydroxylation is 2. The van der Waals surface area contributed by atoms with Crippen LogP contribution in [0.1, 0.15) is 56.0 Å². The van der Waals surface area contributed by atoms with Crippen LogP contribution in [0.2, 0.25) is 0 Å². The van der Waals surface area contributed by atoms with E-state index < -0.39 is 12.1 Å². The average Bonchev–Trinajstić information content (AvgIpc) is 3.27. The first kappa shape index (κ1) is 20.5. The lowest BCUT2D eigenvalue weighted by Crippen LogP contribution is -2.47. The summed E-state index contributed by atoms with van der Waals surface area (Å²) in [5, 5.41) is 6.87. The van der Waals surface area contributed by atoms with Gasteiger partial charge in [0, 0.05) is 35.9 Å². The van der Waals surface area contributed by atoms with Crippen molar-refractivity contribution in [3.05, 3.63) is 28.5 Å². The molecule has 1 aliphatic rings. The van der Waals surface area contributed by atoms with Crippen LogP contribution in [-0.2, 0) is 27.8 Å². The molecule has 8 heteroatoms. The molecule has 1 unspecified atom stereocenters. The molecule has 152 valence electrons. The lowest BCUT2D eigenvalue weighted by atomic mass is 9.94. The maximum atomic E-state index is 13.2. The third kappa shape index (κ3) is 4.43. The van der Waals surface area contributed by atoms with Crippen molar-refractivity contribution in [3.63, 3.8) is 0 Å². The topological polar surface area (TPSA) is 77.3 Å². The van der Waals surface area contributed by atoms with E-state index in [9.17, 15) is 9.59 Å². The highest BCUT2D eigenvalue weighted by Crippen LogP contribution is 2.29. The summed E-state index contributed by atoms with van der Waals surface area (Å²) in [5.41, 5.74) is 2.60. The van der Waals surface area contributed by atoms with E-state index in [1.165, 1.54) is 17.8 Å². The minimum Gasteiger partial charge on any atom is -0.452 e. The molecule has 0 spiro atoms. The van der Waals surface area contributed by atoms with Crippen LogP contribution in [0.25, 0.3) is 0 Å². The summed E-state index contributed by atoms with van der Waals surface area (Å²) in [6.07, 6.45) is 6.29. The fourth-order valence-electron chi connectivity index (χ4n) is 3.81. The van der Waals surface area contributed by atoms with Crippen molar-refractivity contribution in [1.82, 2.24) is 14.8 Å². The fraction of sp³-hybridized carbons (Fsp3) is 0.600. The molecule has 0 radical (unpaired) electrons. The highest BCUT2D eigenvalue weighted by molar-refractivity contribution is 7.13. The summed E-state index contributed by atoms with van der Waals surface area (Å²) in [5.74, 6) is -0.613. The molecule has 1 aliphatic carbocycles. The predicted octanol–water partition coefficient (Wildman–Crippen LogP) is 3.33. The van der Waals surface area contributed by atoms with Crippen LogP contribution in [0.4, 0.5) is 5.13 Å². The number of amides is 1. The highest BCUT2D eigenvalue weighted by Gasteiger charge is 2.33. The number of hydrogen-bond donors (Lipinski definition) is 0. The van der Waals surface area contributed by atoms with Gasteiger partial charge in [0.05, 0.1) is 12.1 Å². The Morgan fingerprint density at radius 2 is 2.04 bits per heavy atom. The standard InChI is InChI=1S/C20H28N4O3S/c1-13-17(14(2)23(4)22-13)12-18(25)27-15(3)19(26)24(20-21-10-11-28-20)16-8-6-5-7-9-16/h10-11,15-16H,5-9,12H2,1-4H3. The highest BCUT2D eigenvalue weighted by atomic mass is 32.1. The molecule has 3 rings (SSSR count). The third-order valence-corrected chi connectivity index (χ3v) is 6.21. The Balaban J connectivity index is 1.69. The smallest absolute Gasteiger partial charge is 0.311 e. The first-order valence-corrected chi connectivity index (χ1v) is 10.7. The van der Waals surface area contributed by atoms with Crippen molar-refractivity contribution >= 4 is 28.3 Å². The summed E-state index contributed by atoms with van der Waals surface area (Å²) in [4.78, 5) is 31.7. The molecule has 2 heterocycles. The van der Waals surface area contributed by atoms with Crippen LogP contribution in [-0.4, -0.2) is 38.8 Å². The first-order chi connectivity index (χ1) is 13.4. The van der Waals surface area contributed by atoms with E-state index in [0.717, 1.165) is 42.6 Å². The second-order valence-corrected chi connectivity index (χ2v) is 8.27. The normalized spacial score (nSPS) is 16.0. The van der Waals surface area contributed by atoms with Crippen molar-refractivity contribution < 1.29 is 14.3 Å². The number of thiazole rings is 1. The molecule has 1 saturated carbocycles. The van der Waals surface area contributed by atoms with Crippen LogP contribution >= 0.6 is 11.3 Å². The zero-order valence-corrected chi connectivity index (χ0v) is 17.8. The number of carbonyl (C=O) groups excluding carboxylic acids is 2. The van der Waals surface area contributed by atoms with Crippen molar-refractivity contribution in [3.8, 4) is 0 Å². The summed E-state index contributed by atoms with van der Waals surface area (Å²) in [6.45, 7) is 5.44. The Hall–Kier alpha value is -2.22. The average molecular weight is 405 g/mol. The molecule has 0 saturated heterocycles. The monoisotopic (exact) mass is 404 g/mol. The molecule has 28 heavy (non-hydrogen) atoms. The molecule has 1 fully saturated rings. The molecular weight excluding hydrogens is 376 g/mol. The molecule has 2 aromatic heterocycles. The van der Waals surface area contributed by atoms with Crippen molar-refractivity contribution in [2.75, 3.05) is 4.90 Å². The van der Waals surface area contributed by atoms with Gasteiger partial charge in [0.15, 0.2) is 11.2 Å². The largest absolute Gasteiger partial charge is 0.452 e. The number of esters is 1. The minimum absolute atomic E-state index is 0.115. The maximum Gasteiger partial charge on any atom is 0.311 e. The first-order valence-electron chi connectivity index (χ1n) is 9.79. The van der Waals surface area contributed by atoms with Gasteiger partial charge in [-0.25, -0.2) is 4.98 Å². The van der Waals surface area contributed by atoms with E-state index >= 15 is 0 Å². The number of hydrogen-bond acceptors (Lipinski definition) is 6. The SMILES string of the molecule is Cc1nn(C)c(C)c1CC(=O)OC(C)C(=O)N(c1nccs1)C1CCCCC1. The predicted molar refractivity (Wildman–Crippen MR) is 108 cm³/mol. The van der Waals surface area contributed by atoms with Crippen LogP contribution in [0.3, 0.4) is 0 Å². The van der Waals surface area contributed by atoms with E-state index in [0.29, 0.717) is 5.13 Å². The lowest BCUT2D eigenvalue weighted by molar-refractivity contribution is -0.153. The second-order valence-electron chi connectivity index (χ2n) is 7.40. The Kier molecular flexibility index (Phi) is 6.49. The molecule has 0 N–H and O–H groups in total. The van der Waals surface area contributed by atoms with Gasteiger partial charge in [0.1, 0.15) is 0 Å². The molecule has 1 atom stereocenters. The summed E-state index contributed by atoms with van der Waals surface area (Å²) in [7, 11) is 1.85. The van der Waals surface area contributed by atoms with Gasteiger partial charge in [-0.2, -0.15) is 5.10 Å². The van der Waals surface area contributed by atoms with Gasteiger partial charge in [0.25, 0.3) is 5.91 Å². The Morgan fingerprint density at radius 3 is 2.61 bits per heavy atom. The second kappa shape index (κ2) is 8.86. The summed E-state index contributed by atoms with van der Waals surface area (Å²) in [6, 6.07) is 0.122. The van der Waals surface area contributed by atoms with Crippen LogP contribution in [0.15, 0.2) is 11.6 Å². The molecule has 0 aliphatic heterocycles. The Labute approximate surface area is 169 Å². The van der Waals surface area contributed by atoms with E-state index in [-0.39, 0.29) is 18.4 Å². The minimum atomic E-state index is -0.851. The molecule has 0 aromatic carbocycles. The summed E-state index contributed by atoms with van der Waals surface area (Å²) >= 11 is 1.44. The molecule has 1 amide bonds. The number of anilines is 1. The van der Waals surface area contributed by atoms with Gasteiger partial charge in [-0.1, -0.05) is 19.3 Å². The zero-order chi connectivity index (χ0) is 20.3. The molecule has 0 bridgehead atoms. The van der Waals surface area contributed by atoms with E-state index in [1.54, 1.807) is 22.7 Å². The Bertz CT molecular complexity index is 825. The van der Waals surface area contributed by atoms with Crippen molar-refractivity contribution in [2.24, 2.45) is 7.05 Å². The third-order valence-electron chi connectivity index (χ3n) is 5.44. The molecule has 2 aromatic rings. The van der Waals surface area contributed by atoms with Crippen LogP contribution in [0.5, 0.6) is 0 Å². The van der Waals surface area contributed by atoms with E-state index in [1.807, 2.05) is 26.3 Å². The number of rotatable bonds is 6. The van der Waals surface area contributed by atoms with Gasteiger partial charge in [0.2, 0.25) is 0 Å². The van der Waals surface area contributed by atoms with Gasteiger partial charge in [-0.3, -0.25) is 19.2 Å². The van der Waals surface area contributed by atoms with Gasteiger partial charge in [-0.15, -0.1) is 11.3 Å². The number of carbonyl (C=O) groups is 2. The van der Waals surface area contributed by atoms with Gasteiger partial charge in [-0.05, 0) is 33.6 Å². The lowest BCUT2D eigenvalue weighted by Gasteiger charge is -2.33. The van der Waals surface area contributed by atoms with Crippen molar-refractivity contribution in [1.29, 1.82) is 0 Å². The number of nitrogens with zero attached hydrogens (tertiary/aromatic N) is 4.